The van der Waals surface area contributed by atoms with Gasteiger partial charge < -0.3 is 20.4 Å². The summed E-state index contributed by atoms with van der Waals surface area (Å²) >= 11 is 0. The lowest BCUT2D eigenvalue weighted by Gasteiger charge is -2.27. The van der Waals surface area contributed by atoms with Crippen LogP contribution in [0.3, 0.4) is 0 Å². The van der Waals surface area contributed by atoms with Crippen LogP contribution >= 0.6 is 0 Å². The molecule has 24 heavy (non-hydrogen) atoms. The first-order valence-electron chi connectivity index (χ1n) is 8.85. The molecule has 0 unspecified atom stereocenters. The molecule has 0 atom stereocenters. The van der Waals surface area contributed by atoms with E-state index in [0.717, 1.165) is 25.8 Å². The number of carboxylic acid groups (broad SMARTS) is 1. The Morgan fingerprint density at radius 1 is 1.04 bits per heavy atom. The van der Waals surface area contributed by atoms with Crippen LogP contribution in [0.2, 0.25) is 0 Å². The molecule has 6 nitrogen and oxygen atoms in total. The van der Waals surface area contributed by atoms with E-state index in [1.54, 1.807) is 6.08 Å². The number of hydrogen-bond acceptors (Lipinski definition) is 3. The molecule has 0 rings (SSSR count). The Morgan fingerprint density at radius 2 is 1.67 bits per heavy atom. The summed E-state index contributed by atoms with van der Waals surface area (Å²) in [6.45, 7) is 3.63. The summed E-state index contributed by atoms with van der Waals surface area (Å²) in [4.78, 5) is 22.3. The van der Waals surface area contributed by atoms with E-state index in [1.165, 1.54) is 32.1 Å². The first-order valence-corrected chi connectivity index (χ1v) is 8.85. The fourth-order valence-corrected chi connectivity index (χ4v) is 2.46. The summed E-state index contributed by atoms with van der Waals surface area (Å²) < 4.78 is 0.430. The molecule has 0 heterocycles. The van der Waals surface area contributed by atoms with Crippen LogP contribution < -0.4 is 5.32 Å². The number of carboxylic acids is 1. The summed E-state index contributed by atoms with van der Waals surface area (Å²) in [6.07, 6.45) is 12.9. The summed E-state index contributed by atoms with van der Waals surface area (Å²) in [5.41, 5.74) is 0. The van der Waals surface area contributed by atoms with E-state index >= 15 is 0 Å². The fraction of sp³-hybridized carbons (Fsp3) is 0.778. The van der Waals surface area contributed by atoms with Gasteiger partial charge in [-0.2, -0.15) is 0 Å². The molecule has 0 spiro atoms. The summed E-state index contributed by atoms with van der Waals surface area (Å²) in [7, 11) is 3.77. The van der Waals surface area contributed by atoms with Gasteiger partial charge in [-0.3, -0.25) is 4.79 Å². The van der Waals surface area contributed by atoms with Crippen molar-refractivity contribution in [2.24, 2.45) is 0 Å². The van der Waals surface area contributed by atoms with E-state index in [-0.39, 0.29) is 17.9 Å². The number of hydrogen-bond donors (Lipinski definition) is 2. The molecule has 0 aromatic carbocycles. The van der Waals surface area contributed by atoms with Gasteiger partial charge in [0.25, 0.3) is 0 Å². The average Bonchev–Trinajstić information content (AvgIpc) is 2.45. The third-order valence-corrected chi connectivity index (χ3v) is 3.80. The van der Waals surface area contributed by atoms with Gasteiger partial charge in [0.15, 0.2) is 6.54 Å². The van der Waals surface area contributed by atoms with Crippen molar-refractivity contribution in [1.82, 2.24) is 5.32 Å². The van der Waals surface area contributed by atoms with Crippen molar-refractivity contribution < 1.29 is 24.7 Å². The van der Waals surface area contributed by atoms with Crippen molar-refractivity contribution in [3.63, 3.8) is 0 Å². The first-order chi connectivity index (χ1) is 10.9. The lowest BCUT2D eigenvalue weighted by atomic mass is 10.1. The van der Waals surface area contributed by atoms with Gasteiger partial charge in [0.1, 0.15) is 0 Å². The molecule has 0 saturated heterocycles. The second-order valence-corrected chi connectivity index (χ2v) is 6.81. The highest BCUT2D eigenvalue weighted by atomic mass is 16.4. The van der Waals surface area contributed by atoms with Crippen LogP contribution in [-0.4, -0.2) is 60.7 Å². The number of likely N-dealkylation sites (N-methyl/N-ethyl adjacent to an activating group) is 1. The fourth-order valence-electron chi connectivity index (χ4n) is 2.46. The quantitative estimate of drug-likeness (QED) is 0.288. The van der Waals surface area contributed by atoms with Crippen LogP contribution in [0.1, 0.15) is 58.3 Å². The maximum absolute atomic E-state index is 11.6. The van der Waals surface area contributed by atoms with E-state index in [1.807, 2.05) is 20.2 Å². The Bertz CT molecular complexity index is 368. The van der Waals surface area contributed by atoms with Crippen molar-refractivity contribution in [2.75, 3.05) is 33.7 Å². The number of aliphatic carboxylic acids is 1. The minimum absolute atomic E-state index is 0. The zero-order valence-corrected chi connectivity index (χ0v) is 15.6. The van der Waals surface area contributed by atoms with Gasteiger partial charge >= 0.3 is 5.97 Å². The van der Waals surface area contributed by atoms with Gasteiger partial charge in [-0.1, -0.05) is 45.1 Å². The maximum atomic E-state index is 11.6. The summed E-state index contributed by atoms with van der Waals surface area (Å²) in [6, 6.07) is 0. The largest absolute Gasteiger partial charge is 0.870 e. The zero-order valence-electron chi connectivity index (χ0n) is 15.6. The molecule has 0 aromatic heterocycles. The number of allylic oxidation sites excluding steroid dienone is 1. The van der Waals surface area contributed by atoms with E-state index < -0.39 is 5.97 Å². The second kappa shape index (κ2) is 15.1. The molecule has 0 aliphatic rings. The standard InChI is InChI=1S/C18H34N2O3.H2O/c1-4-5-6-7-8-9-10-11-13-17(21)19-14-12-15-20(2,3)16-18(22)23;/h11,13H,4-10,12,14-16H2,1-3H3,(H-,19,21,22,23);1H2. The van der Waals surface area contributed by atoms with Crippen molar-refractivity contribution in [3.05, 3.63) is 12.2 Å². The molecule has 1 amide bonds. The average molecular weight is 344 g/mol. The van der Waals surface area contributed by atoms with E-state index in [2.05, 4.69) is 12.2 Å². The Morgan fingerprint density at radius 3 is 2.29 bits per heavy atom. The maximum Gasteiger partial charge on any atom is 0.359 e. The van der Waals surface area contributed by atoms with Gasteiger partial charge in [-0.15, -0.1) is 0 Å². The topological polar surface area (TPSA) is 96.4 Å². The monoisotopic (exact) mass is 344 g/mol. The predicted molar refractivity (Wildman–Crippen MR) is 96.2 cm³/mol. The number of quaternary nitrogens is 1. The second-order valence-electron chi connectivity index (χ2n) is 6.81. The molecule has 0 radical (unpaired) electrons. The molecule has 0 aliphatic carbocycles. The Hall–Kier alpha value is -1.40. The molecule has 6 heteroatoms. The van der Waals surface area contributed by atoms with Crippen LogP contribution in [0.4, 0.5) is 0 Å². The molecule has 142 valence electrons. The number of carbonyl (C=O) groups is 2. The van der Waals surface area contributed by atoms with E-state index in [9.17, 15) is 9.59 Å². The highest BCUT2D eigenvalue weighted by Gasteiger charge is 2.18. The lowest BCUT2D eigenvalue weighted by Crippen LogP contribution is -2.45. The van der Waals surface area contributed by atoms with Gasteiger partial charge in [0.05, 0.1) is 20.6 Å². The van der Waals surface area contributed by atoms with Crippen LogP contribution in [-0.2, 0) is 9.59 Å². The van der Waals surface area contributed by atoms with Gasteiger partial charge in [0.2, 0.25) is 5.91 Å². The normalized spacial score (nSPS) is 11.3. The lowest BCUT2D eigenvalue weighted by molar-refractivity contribution is -0.883. The number of rotatable bonds is 14. The molecule has 0 bridgehead atoms. The Balaban J connectivity index is 0. The Labute approximate surface area is 146 Å². The van der Waals surface area contributed by atoms with Crippen LogP contribution in [0.5, 0.6) is 0 Å². The zero-order chi connectivity index (χ0) is 17.6. The van der Waals surface area contributed by atoms with Crippen molar-refractivity contribution in [1.29, 1.82) is 0 Å². The highest BCUT2D eigenvalue weighted by Crippen LogP contribution is 2.07. The smallest absolute Gasteiger partial charge is 0.359 e. The van der Waals surface area contributed by atoms with Crippen LogP contribution in [0.25, 0.3) is 0 Å². The van der Waals surface area contributed by atoms with Gasteiger partial charge in [0, 0.05) is 13.0 Å². The minimum Gasteiger partial charge on any atom is -0.870 e. The Kier molecular flexibility index (Phi) is 15.7. The number of unbranched alkanes of at least 4 members (excludes halogenated alkanes) is 6. The third-order valence-electron chi connectivity index (χ3n) is 3.80. The number of nitrogens with zero attached hydrogens (tertiary/aromatic N) is 1. The summed E-state index contributed by atoms with van der Waals surface area (Å²) in [5.74, 6) is -0.851. The molecule has 0 fully saturated rings. The number of amides is 1. The molecule has 0 aromatic rings. The molecular weight excluding hydrogens is 308 g/mol. The molecule has 0 saturated carbocycles. The molecule has 0 aliphatic heterocycles. The van der Waals surface area contributed by atoms with Gasteiger partial charge in [-0.05, 0) is 18.9 Å². The molecule has 3 N–H and O–H groups in total. The predicted octanol–water partition coefficient (Wildman–Crippen LogP) is 2.78. The SMILES string of the molecule is CCCCCCCCC=CC(=O)NCCC[N+](C)(C)CC(=O)O.[OH-]. The van der Waals surface area contributed by atoms with Gasteiger partial charge in [-0.25, -0.2) is 4.79 Å². The third kappa shape index (κ3) is 17.0. The molecular formula is C18H36N2O4. The summed E-state index contributed by atoms with van der Waals surface area (Å²) in [5, 5.41) is 11.6. The van der Waals surface area contributed by atoms with E-state index in [0.29, 0.717) is 11.0 Å². The van der Waals surface area contributed by atoms with Crippen molar-refractivity contribution in [2.45, 2.75) is 58.3 Å². The van der Waals surface area contributed by atoms with Crippen molar-refractivity contribution in [3.8, 4) is 0 Å². The van der Waals surface area contributed by atoms with Crippen LogP contribution in [0.15, 0.2) is 12.2 Å². The first kappa shape index (κ1) is 24.8. The van der Waals surface area contributed by atoms with Crippen LogP contribution in [0, 0.1) is 0 Å². The number of nitrogens with one attached hydrogen (secondary N) is 1. The number of carbonyl (C=O) groups excluding carboxylic acids is 1. The van der Waals surface area contributed by atoms with Crippen molar-refractivity contribution >= 4 is 11.9 Å². The van der Waals surface area contributed by atoms with E-state index in [4.69, 9.17) is 5.11 Å². The minimum atomic E-state index is -0.795. The highest BCUT2D eigenvalue weighted by molar-refractivity contribution is 5.87.